The lowest BCUT2D eigenvalue weighted by Crippen LogP contribution is -2.41. The Morgan fingerprint density at radius 3 is 1.29 bits per heavy atom. The third kappa shape index (κ3) is 23.3. The van der Waals surface area contributed by atoms with Gasteiger partial charge in [0.05, 0.1) is 11.5 Å². The zero-order chi connectivity index (χ0) is 27.6. The van der Waals surface area contributed by atoms with Gasteiger partial charge in [-0.15, -0.1) is 0 Å². The molecular weight excluding hydrogens is 494 g/mol. The van der Waals surface area contributed by atoms with Gasteiger partial charge in [0.25, 0.3) is 0 Å². The van der Waals surface area contributed by atoms with E-state index in [1.165, 1.54) is 135 Å². The second kappa shape index (κ2) is 25.4. The SMILES string of the molecule is CCCCCCCCCCCCCCCCCCCCCCCCCC(=O)OCCN1CCS(=O)(=O)CC1. The zero-order valence-corrected chi connectivity index (χ0v) is 26.0. The van der Waals surface area contributed by atoms with E-state index in [1.807, 2.05) is 0 Å². The molecule has 0 atom stereocenters. The van der Waals surface area contributed by atoms with Crippen molar-refractivity contribution in [2.75, 3.05) is 37.7 Å². The summed E-state index contributed by atoms with van der Waals surface area (Å²) in [5.74, 6) is 0.333. The van der Waals surface area contributed by atoms with E-state index in [0.29, 0.717) is 32.7 Å². The van der Waals surface area contributed by atoms with Crippen molar-refractivity contribution in [3.63, 3.8) is 0 Å². The van der Waals surface area contributed by atoms with Gasteiger partial charge in [-0.3, -0.25) is 9.69 Å². The van der Waals surface area contributed by atoms with Crippen molar-refractivity contribution >= 4 is 15.8 Å². The Morgan fingerprint density at radius 1 is 0.579 bits per heavy atom. The second-order valence-corrected chi connectivity index (χ2v) is 14.0. The fourth-order valence-corrected chi connectivity index (χ4v) is 6.67. The number of rotatable bonds is 27. The first-order chi connectivity index (χ1) is 18.5. The Kier molecular flexibility index (Phi) is 23.6. The topological polar surface area (TPSA) is 63.7 Å². The van der Waals surface area contributed by atoms with E-state index < -0.39 is 9.84 Å². The van der Waals surface area contributed by atoms with Crippen molar-refractivity contribution in [1.82, 2.24) is 4.90 Å². The molecule has 38 heavy (non-hydrogen) atoms. The number of sulfone groups is 1. The van der Waals surface area contributed by atoms with Crippen LogP contribution in [0, 0.1) is 0 Å². The molecule has 0 aromatic heterocycles. The molecule has 0 amide bonds. The van der Waals surface area contributed by atoms with Crippen LogP contribution >= 0.6 is 0 Å². The van der Waals surface area contributed by atoms with E-state index in [4.69, 9.17) is 4.74 Å². The summed E-state index contributed by atoms with van der Waals surface area (Å²) in [4.78, 5) is 13.9. The van der Waals surface area contributed by atoms with Gasteiger partial charge in [-0.1, -0.05) is 148 Å². The fourth-order valence-electron chi connectivity index (χ4n) is 5.39. The molecule has 0 bridgehead atoms. The highest BCUT2D eigenvalue weighted by atomic mass is 32.2. The second-order valence-electron chi connectivity index (χ2n) is 11.7. The van der Waals surface area contributed by atoms with E-state index in [1.54, 1.807) is 0 Å². The third-order valence-electron chi connectivity index (χ3n) is 8.09. The Hall–Kier alpha value is -0.620. The van der Waals surface area contributed by atoms with Gasteiger partial charge in [0.1, 0.15) is 6.61 Å². The van der Waals surface area contributed by atoms with Gasteiger partial charge in [-0.05, 0) is 6.42 Å². The highest BCUT2D eigenvalue weighted by Crippen LogP contribution is 2.15. The van der Waals surface area contributed by atoms with Crippen molar-refractivity contribution < 1.29 is 17.9 Å². The molecule has 0 N–H and O–H groups in total. The highest BCUT2D eigenvalue weighted by molar-refractivity contribution is 7.91. The van der Waals surface area contributed by atoms with Crippen LogP contribution in [0.4, 0.5) is 0 Å². The maximum atomic E-state index is 11.9. The minimum atomic E-state index is -2.84. The summed E-state index contributed by atoms with van der Waals surface area (Å²) in [6.45, 7) is 4.41. The summed E-state index contributed by atoms with van der Waals surface area (Å²) in [6, 6.07) is 0. The van der Waals surface area contributed by atoms with Crippen molar-refractivity contribution in [1.29, 1.82) is 0 Å². The van der Waals surface area contributed by atoms with Crippen LogP contribution in [-0.2, 0) is 19.4 Å². The van der Waals surface area contributed by atoms with Gasteiger partial charge in [0, 0.05) is 26.1 Å². The van der Waals surface area contributed by atoms with Crippen LogP contribution in [0.3, 0.4) is 0 Å². The molecule has 226 valence electrons. The number of carbonyl (C=O) groups is 1. The first-order valence-electron chi connectivity index (χ1n) is 16.6. The largest absolute Gasteiger partial charge is 0.464 e. The van der Waals surface area contributed by atoms with Crippen LogP contribution in [0.2, 0.25) is 0 Å². The molecule has 0 saturated carbocycles. The number of nitrogens with zero attached hydrogens (tertiary/aromatic N) is 1. The summed E-state index contributed by atoms with van der Waals surface area (Å²) >= 11 is 0. The summed E-state index contributed by atoms with van der Waals surface area (Å²) in [5, 5.41) is 0. The molecule has 6 heteroatoms. The van der Waals surface area contributed by atoms with E-state index >= 15 is 0 Å². The van der Waals surface area contributed by atoms with Gasteiger partial charge >= 0.3 is 5.97 Å². The number of esters is 1. The molecule has 0 aromatic rings. The molecule has 1 saturated heterocycles. The monoisotopic (exact) mass is 557 g/mol. The lowest BCUT2D eigenvalue weighted by Gasteiger charge is -2.26. The molecular formula is C32H63NO4S. The minimum absolute atomic E-state index is 0.113. The average molecular weight is 558 g/mol. The number of unbranched alkanes of at least 4 members (excludes halogenated alkanes) is 22. The molecule has 1 aliphatic heterocycles. The number of hydrogen-bond acceptors (Lipinski definition) is 5. The predicted octanol–water partition coefficient (Wildman–Crippen LogP) is 8.64. The van der Waals surface area contributed by atoms with Crippen LogP contribution in [0.5, 0.6) is 0 Å². The molecule has 1 aliphatic rings. The van der Waals surface area contributed by atoms with Gasteiger partial charge < -0.3 is 4.74 Å². The highest BCUT2D eigenvalue weighted by Gasteiger charge is 2.21. The molecule has 1 heterocycles. The van der Waals surface area contributed by atoms with Crippen molar-refractivity contribution in [2.24, 2.45) is 0 Å². The summed E-state index contributed by atoms with van der Waals surface area (Å²) in [5.41, 5.74) is 0. The van der Waals surface area contributed by atoms with Crippen LogP contribution in [0.25, 0.3) is 0 Å². The number of carbonyl (C=O) groups excluding carboxylic acids is 1. The van der Waals surface area contributed by atoms with Gasteiger partial charge in [-0.25, -0.2) is 8.42 Å². The Morgan fingerprint density at radius 2 is 0.921 bits per heavy atom. The lowest BCUT2D eigenvalue weighted by molar-refractivity contribution is -0.144. The Bertz CT molecular complexity index is 623. The van der Waals surface area contributed by atoms with Crippen LogP contribution in [-0.4, -0.2) is 57.0 Å². The number of hydrogen-bond donors (Lipinski definition) is 0. The lowest BCUT2D eigenvalue weighted by atomic mass is 10.0. The standard InChI is InChI=1S/C32H63NO4S/c1-2-3-4-5-6-7-8-9-10-11-12-13-14-15-16-17-18-19-20-21-22-23-24-25-32(34)37-29-26-33-27-30-38(35,36)31-28-33/h2-31H2,1H3. The molecule has 0 unspecified atom stereocenters. The molecule has 0 aromatic carbocycles. The van der Waals surface area contributed by atoms with E-state index in [2.05, 4.69) is 11.8 Å². The first-order valence-corrected chi connectivity index (χ1v) is 18.4. The predicted molar refractivity (Wildman–Crippen MR) is 163 cm³/mol. The summed E-state index contributed by atoms with van der Waals surface area (Å²) in [7, 11) is -2.84. The molecule has 5 nitrogen and oxygen atoms in total. The van der Waals surface area contributed by atoms with E-state index in [9.17, 15) is 13.2 Å². The van der Waals surface area contributed by atoms with Crippen LogP contribution in [0.15, 0.2) is 0 Å². The smallest absolute Gasteiger partial charge is 0.305 e. The van der Waals surface area contributed by atoms with Crippen molar-refractivity contribution in [3.8, 4) is 0 Å². The Balaban J connectivity index is 1.70. The zero-order valence-electron chi connectivity index (χ0n) is 25.2. The van der Waals surface area contributed by atoms with Crippen LogP contribution < -0.4 is 0 Å². The van der Waals surface area contributed by atoms with Crippen LogP contribution in [0.1, 0.15) is 161 Å². The van der Waals surface area contributed by atoms with Crippen molar-refractivity contribution in [2.45, 2.75) is 161 Å². The summed E-state index contributed by atoms with van der Waals surface area (Å²) in [6.07, 6.45) is 32.1. The molecule has 0 aliphatic carbocycles. The maximum absolute atomic E-state index is 11.9. The third-order valence-corrected chi connectivity index (χ3v) is 9.70. The average Bonchev–Trinajstić information content (AvgIpc) is 2.90. The fraction of sp³-hybridized carbons (Fsp3) is 0.969. The number of ether oxygens (including phenoxy) is 1. The first kappa shape index (κ1) is 35.4. The Labute approximate surface area is 237 Å². The minimum Gasteiger partial charge on any atom is -0.464 e. The maximum Gasteiger partial charge on any atom is 0.305 e. The molecule has 1 fully saturated rings. The molecule has 0 spiro atoms. The normalized spacial score (nSPS) is 15.6. The van der Waals surface area contributed by atoms with Gasteiger partial charge in [0.2, 0.25) is 0 Å². The van der Waals surface area contributed by atoms with Gasteiger partial charge in [-0.2, -0.15) is 0 Å². The van der Waals surface area contributed by atoms with E-state index in [0.717, 1.165) is 12.8 Å². The molecule has 0 radical (unpaired) electrons. The van der Waals surface area contributed by atoms with E-state index in [-0.39, 0.29) is 17.5 Å². The van der Waals surface area contributed by atoms with Crippen molar-refractivity contribution in [3.05, 3.63) is 0 Å². The quantitative estimate of drug-likeness (QED) is 0.0747. The molecule has 1 rings (SSSR count). The van der Waals surface area contributed by atoms with Gasteiger partial charge in [0.15, 0.2) is 9.84 Å². The summed E-state index contributed by atoms with van der Waals surface area (Å²) < 4.78 is 28.2.